The number of carboxylic acids is 1. The molecule has 0 saturated carbocycles. The van der Waals surface area contributed by atoms with Crippen LogP contribution < -0.4 is 0 Å². The average Bonchev–Trinajstić information content (AvgIpc) is 2.61. The Labute approximate surface area is 164 Å². The van der Waals surface area contributed by atoms with E-state index in [4.69, 9.17) is 23.2 Å². The maximum absolute atomic E-state index is 11.3. The van der Waals surface area contributed by atoms with Crippen LogP contribution in [0.1, 0.15) is 41.1 Å². The molecule has 2 aromatic carbocycles. The summed E-state index contributed by atoms with van der Waals surface area (Å²) < 4.78 is 0. The lowest BCUT2D eigenvalue weighted by atomic mass is 9.89. The van der Waals surface area contributed by atoms with Crippen molar-refractivity contribution in [3.05, 3.63) is 68.7 Å². The van der Waals surface area contributed by atoms with Crippen LogP contribution in [-0.2, 0) is 4.79 Å². The van der Waals surface area contributed by atoms with Gasteiger partial charge in [0, 0.05) is 0 Å². The number of likely N-dealkylation sites (tertiary alicyclic amines) is 1. The molecule has 26 heavy (non-hydrogen) atoms. The van der Waals surface area contributed by atoms with Gasteiger partial charge < -0.3 is 5.11 Å². The number of rotatable bonds is 4. The zero-order valence-corrected chi connectivity index (χ0v) is 16.5. The van der Waals surface area contributed by atoms with Gasteiger partial charge in [0.1, 0.15) is 0 Å². The standard InChI is InChI=1S/C21H23Cl2NO2/c1-13-3-4-14(2)17(11-13)20(16-5-6-18(22)19(23)12-16)24-9-7-15(8-10-24)21(25)26/h3-6,11-12,15,20H,7-10H2,1-2H3,(H,25,26). The van der Waals surface area contributed by atoms with Crippen molar-refractivity contribution in [2.75, 3.05) is 13.1 Å². The summed E-state index contributed by atoms with van der Waals surface area (Å²) in [6.07, 6.45) is 1.33. The molecule has 1 saturated heterocycles. The van der Waals surface area contributed by atoms with Crippen molar-refractivity contribution < 1.29 is 9.90 Å². The van der Waals surface area contributed by atoms with Crippen molar-refractivity contribution in [1.29, 1.82) is 0 Å². The molecule has 1 aliphatic rings. The van der Waals surface area contributed by atoms with Gasteiger partial charge in [0.15, 0.2) is 0 Å². The van der Waals surface area contributed by atoms with E-state index in [-0.39, 0.29) is 12.0 Å². The number of piperidine rings is 1. The molecule has 1 fully saturated rings. The quantitative estimate of drug-likeness (QED) is 0.747. The fourth-order valence-corrected chi connectivity index (χ4v) is 4.04. The Balaban J connectivity index is 2.01. The smallest absolute Gasteiger partial charge is 0.306 e. The van der Waals surface area contributed by atoms with E-state index in [0.29, 0.717) is 22.9 Å². The van der Waals surface area contributed by atoms with E-state index in [1.165, 1.54) is 16.7 Å². The third-order valence-electron chi connectivity index (χ3n) is 5.23. The maximum atomic E-state index is 11.3. The summed E-state index contributed by atoms with van der Waals surface area (Å²) in [5.41, 5.74) is 4.74. The minimum absolute atomic E-state index is 0.0411. The number of nitrogens with zero attached hydrogens (tertiary/aromatic N) is 1. The first-order valence-corrected chi connectivity index (χ1v) is 9.61. The van der Waals surface area contributed by atoms with E-state index in [2.05, 4.69) is 36.9 Å². The molecule has 1 atom stereocenters. The number of halogens is 2. The van der Waals surface area contributed by atoms with E-state index in [1.54, 1.807) is 0 Å². The lowest BCUT2D eigenvalue weighted by Gasteiger charge is -2.38. The Morgan fingerprint density at radius 3 is 2.38 bits per heavy atom. The van der Waals surface area contributed by atoms with Gasteiger partial charge in [0.25, 0.3) is 0 Å². The van der Waals surface area contributed by atoms with Crippen LogP contribution in [-0.4, -0.2) is 29.1 Å². The van der Waals surface area contributed by atoms with Crippen molar-refractivity contribution in [3.8, 4) is 0 Å². The van der Waals surface area contributed by atoms with Gasteiger partial charge in [-0.3, -0.25) is 9.69 Å². The first kappa shape index (κ1) is 19.2. The van der Waals surface area contributed by atoms with Crippen LogP contribution in [0.3, 0.4) is 0 Å². The minimum atomic E-state index is -0.692. The van der Waals surface area contributed by atoms with Gasteiger partial charge in [-0.1, -0.05) is 53.0 Å². The summed E-state index contributed by atoms with van der Waals surface area (Å²) >= 11 is 12.4. The van der Waals surface area contributed by atoms with Gasteiger partial charge in [0.05, 0.1) is 22.0 Å². The second kappa shape index (κ2) is 7.99. The number of carbonyl (C=O) groups is 1. The summed E-state index contributed by atoms with van der Waals surface area (Å²) in [4.78, 5) is 13.7. The number of hydrogen-bond donors (Lipinski definition) is 1. The first-order valence-electron chi connectivity index (χ1n) is 8.85. The van der Waals surface area contributed by atoms with Gasteiger partial charge in [-0.2, -0.15) is 0 Å². The summed E-state index contributed by atoms with van der Waals surface area (Å²) in [6.45, 7) is 5.69. The molecule has 0 radical (unpaired) electrons. The van der Waals surface area contributed by atoms with Crippen LogP contribution in [0.25, 0.3) is 0 Å². The largest absolute Gasteiger partial charge is 0.481 e. The number of benzene rings is 2. The molecule has 0 amide bonds. The molecule has 3 nitrogen and oxygen atoms in total. The lowest BCUT2D eigenvalue weighted by molar-refractivity contribution is -0.143. The number of aliphatic carboxylic acids is 1. The van der Waals surface area contributed by atoms with Crippen LogP contribution in [0.5, 0.6) is 0 Å². The van der Waals surface area contributed by atoms with E-state index in [9.17, 15) is 9.90 Å². The molecule has 1 N–H and O–H groups in total. The van der Waals surface area contributed by atoms with E-state index < -0.39 is 5.97 Å². The van der Waals surface area contributed by atoms with Gasteiger partial charge in [-0.25, -0.2) is 0 Å². The molecule has 1 heterocycles. The Hall–Kier alpha value is -1.55. The highest BCUT2D eigenvalue weighted by Crippen LogP contribution is 2.36. The monoisotopic (exact) mass is 391 g/mol. The zero-order valence-electron chi connectivity index (χ0n) is 15.0. The van der Waals surface area contributed by atoms with Crippen molar-refractivity contribution in [2.24, 2.45) is 5.92 Å². The number of hydrogen-bond acceptors (Lipinski definition) is 2. The summed E-state index contributed by atoms with van der Waals surface area (Å²) in [5, 5.41) is 10.4. The topological polar surface area (TPSA) is 40.5 Å². The maximum Gasteiger partial charge on any atom is 0.306 e. The fraction of sp³-hybridized carbons (Fsp3) is 0.381. The third-order valence-corrected chi connectivity index (χ3v) is 5.97. The highest BCUT2D eigenvalue weighted by Gasteiger charge is 2.31. The molecular formula is C21H23Cl2NO2. The molecule has 138 valence electrons. The van der Waals surface area contributed by atoms with Crippen LogP contribution in [0.15, 0.2) is 36.4 Å². The molecule has 1 aliphatic heterocycles. The molecule has 0 spiro atoms. The van der Waals surface area contributed by atoms with Gasteiger partial charge in [-0.05, 0) is 68.6 Å². The molecule has 3 rings (SSSR count). The zero-order chi connectivity index (χ0) is 18.8. The van der Waals surface area contributed by atoms with Crippen LogP contribution in [0.2, 0.25) is 10.0 Å². The first-order chi connectivity index (χ1) is 12.4. The molecular weight excluding hydrogens is 369 g/mol. The Kier molecular flexibility index (Phi) is 5.91. The Bertz CT molecular complexity index is 814. The number of aryl methyl sites for hydroxylation is 2. The molecule has 2 aromatic rings. The van der Waals surface area contributed by atoms with Crippen LogP contribution >= 0.6 is 23.2 Å². The third kappa shape index (κ3) is 4.06. The van der Waals surface area contributed by atoms with Crippen LogP contribution in [0.4, 0.5) is 0 Å². The summed E-state index contributed by atoms with van der Waals surface area (Å²) in [6, 6.07) is 12.3. The second-order valence-electron chi connectivity index (χ2n) is 7.08. The highest BCUT2D eigenvalue weighted by atomic mass is 35.5. The van der Waals surface area contributed by atoms with E-state index in [0.717, 1.165) is 18.7 Å². The van der Waals surface area contributed by atoms with Crippen molar-refractivity contribution >= 4 is 29.2 Å². The van der Waals surface area contributed by atoms with E-state index in [1.807, 2.05) is 18.2 Å². The van der Waals surface area contributed by atoms with Crippen molar-refractivity contribution in [3.63, 3.8) is 0 Å². The summed E-state index contributed by atoms with van der Waals surface area (Å²) in [7, 11) is 0. The minimum Gasteiger partial charge on any atom is -0.481 e. The van der Waals surface area contributed by atoms with Crippen LogP contribution in [0, 0.1) is 19.8 Å². The normalized spacial score (nSPS) is 17.2. The van der Waals surface area contributed by atoms with Gasteiger partial charge >= 0.3 is 5.97 Å². The van der Waals surface area contributed by atoms with E-state index >= 15 is 0 Å². The molecule has 0 aliphatic carbocycles. The average molecular weight is 392 g/mol. The summed E-state index contributed by atoms with van der Waals surface area (Å²) in [5.74, 6) is -0.943. The molecule has 0 bridgehead atoms. The molecule has 0 aromatic heterocycles. The molecule has 5 heteroatoms. The second-order valence-corrected chi connectivity index (χ2v) is 7.90. The Morgan fingerprint density at radius 2 is 1.77 bits per heavy atom. The predicted octanol–water partition coefficient (Wildman–Crippen LogP) is 5.50. The Morgan fingerprint density at radius 1 is 1.08 bits per heavy atom. The van der Waals surface area contributed by atoms with Gasteiger partial charge in [-0.15, -0.1) is 0 Å². The highest BCUT2D eigenvalue weighted by molar-refractivity contribution is 6.42. The SMILES string of the molecule is Cc1ccc(C)c(C(c2ccc(Cl)c(Cl)c2)N2CCC(C(=O)O)CC2)c1. The number of carboxylic acid groups (broad SMARTS) is 1. The van der Waals surface area contributed by atoms with Crippen molar-refractivity contribution in [2.45, 2.75) is 32.7 Å². The van der Waals surface area contributed by atoms with Crippen molar-refractivity contribution in [1.82, 2.24) is 4.90 Å². The molecule has 1 unspecified atom stereocenters. The predicted molar refractivity (Wildman–Crippen MR) is 106 cm³/mol. The lowest BCUT2D eigenvalue weighted by Crippen LogP contribution is -2.39. The fourth-order valence-electron chi connectivity index (χ4n) is 3.73. The van der Waals surface area contributed by atoms with Gasteiger partial charge in [0.2, 0.25) is 0 Å².